The Morgan fingerprint density at radius 3 is 2.10 bits per heavy atom. The Bertz CT molecular complexity index is 79.2. The highest BCUT2D eigenvalue weighted by molar-refractivity contribution is 6.76. The van der Waals surface area contributed by atoms with E-state index in [1.54, 1.807) is 0 Å². The summed E-state index contributed by atoms with van der Waals surface area (Å²) >= 11 is 0. The lowest BCUT2D eigenvalue weighted by atomic mass is 10.1. The van der Waals surface area contributed by atoms with Gasteiger partial charge in [0, 0.05) is 8.07 Å². The minimum absolute atomic E-state index is 0.649. The Balaban J connectivity index is 3.21. The quantitative estimate of drug-likeness (QED) is 0.547. The highest BCUT2D eigenvalue weighted by atomic mass is 28.3. The van der Waals surface area contributed by atoms with Crippen LogP contribution in [0.1, 0.15) is 19.8 Å². The first-order valence-corrected chi connectivity index (χ1v) is 7.95. The number of rotatable bonds is 4. The third kappa shape index (κ3) is 8.22. The van der Waals surface area contributed by atoms with E-state index in [-0.39, 0.29) is 0 Å². The van der Waals surface area contributed by atoms with Crippen LogP contribution in [0.15, 0.2) is 0 Å². The molecule has 1 atom stereocenters. The maximum atomic E-state index is 3.97. The Morgan fingerprint density at radius 2 is 1.80 bits per heavy atom. The van der Waals surface area contributed by atoms with E-state index in [1.807, 2.05) is 0 Å². The van der Waals surface area contributed by atoms with Gasteiger partial charge in [0.2, 0.25) is 0 Å². The average Bonchev–Trinajstić information content (AvgIpc) is 1.59. The highest BCUT2D eigenvalue weighted by Gasteiger charge is 2.11. The summed E-state index contributed by atoms with van der Waals surface area (Å²) in [4.78, 5) is 0. The summed E-state index contributed by atoms with van der Waals surface area (Å²) in [5.74, 6) is 0.649. The highest BCUT2D eigenvalue weighted by Crippen LogP contribution is 2.15. The molecule has 0 N–H and O–H groups in total. The molecule has 0 saturated heterocycles. The molecule has 0 aliphatic carbocycles. The number of hydrogen-bond acceptors (Lipinski definition) is 0. The standard InChI is InChI=1S/C9H21Si/c1-9(2)7-6-8-10(3,4)5/h9H,1,6-8H2,2-5H3. The second-order valence-electron chi connectivity index (χ2n) is 4.56. The average molecular weight is 157 g/mol. The first-order chi connectivity index (χ1) is 4.42. The van der Waals surface area contributed by atoms with Gasteiger partial charge in [0.1, 0.15) is 0 Å². The van der Waals surface area contributed by atoms with Crippen LogP contribution in [-0.2, 0) is 0 Å². The first kappa shape index (κ1) is 10.2. The normalized spacial score (nSPS) is 12.6. The molecule has 1 heteroatoms. The number of hydrogen-bond donors (Lipinski definition) is 0. The third-order valence-electron chi connectivity index (χ3n) is 1.62. The molecule has 1 unspecified atom stereocenters. The second-order valence-corrected chi connectivity index (χ2v) is 10.2. The van der Waals surface area contributed by atoms with Gasteiger partial charge in [-0.3, -0.25) is 0 Å². The van der Waals surface area contributed by atoms with Gasteiger partial charge in [-0.15, -0.1) is 0 Å². The summed E-state index contributed by atoms with van der Waals surface area (Å²) < 4.78 is 0. The Labute approximate surface area is 67.0 Å². The topological polar surface area (TPSA) is 0 Å². The van der Waals surface area contributed by atoms with Crippen molar-refractivity contribution in [1.82, 2.24) is 0 Å². The van der Waals surface area contributed by atoms with Crippen molar-refractivity contribution in [3.8, 4) is 0 Å². The molecule has 0 fully saturated rings. The molecule has 61 valence electrons. The van der Waals surface area contributed by atoms with Crippen molar-refractivity contribution in [3.05, 3.63) is 6.92 Å². The molecule has 0 aromatic carbocycles. The Kier molecular flexibility index (Phi) is 4.26. The molecule has 0 heterocycles. The van der Waals surface area contributed by atoms with E-state index in [1.165, 1.54) is 18.9 Å². The van der Waals surface area contributed by atoms with Crippen LogP contribution >= 0.6 is 0 Å². The van der Waals surface area contributed by atoms with E-state index < -0.39 is 8.07 Å². The fourth-order valence-electron chi connectivity index (χ4n) is 0.981. The summed E-state index contributed by atoms with van der Waals surface area (Å²) in [6, 6.07) is 1.47. The SMILES string of the molecule is [CH2]C(C)CCC[Si](C)(C)C. The van der Waals surface area contributed by atoms with Gasteiger partial charge in [-0.1, -0.05) is 52.4 Å². The van der Waals surface area contributed by atoms with E-state index in [9.17, 15) is 0 Å². The van der Waals surface area contributed by atoms with Crippen LogP contribution in [0, 0.1) is 12.8 Å². The molecule has 0 nitrogen and oxygen atoms in total. The molecule has 0 aromatic rings. The van der Waals surface area contributed by atoms with Gasteiger partial charge in [0.15, 0.2) is 0 Å². The molecule has 0 aliphatic heterocycles. The lowest BCUT2D eigenvalue weighted by Gasteiger charge is -2.15. The van der Waals surface area contributed by atoms with Gasteiger partial charge >= 0.3 is 0 Å². The molecule has 0 saturated carbocycles. The van der Waals surface area contributed by atoms with Crippen LogP contribution in [0.4, 0.5) is 0 Å². The largest absolute Gasteiger partial charge is 0.0695 e. The van der Waals surface area contributed by atoms with Gasteiger partial charge in [0.25, 0.3) is 0 Å². The monoisotopic (exact) mass is 157 g/mol. The Morgan fingerprint density at radius 1 is 1.30 bits per heavy atom. The fraction of sp³-hybridized carbons (Fsp3) is 0.889. The van der Waals surface area contributed by atoms with E-state index in [4.69, 9.17) is 0 Å². The van der Waals surface area contributed by atoms with E-state index in [2.05, 4.69) is 33.5 Å². The third-order valence-corrected chi connectivity index (χ3v) is 3.48. The summed E-state index contributed by atoms with van der Waals surface area (Å²) in [6.45, 7) is 13.5. The smallest absolute Gasteiger partial charge is 0.0442 e. The molecule has 1 radical (unpaired) electrons. The van der Waals surface area contributed by atoms with Crippen LogP contribution in [-0.4, -0.2) is 8.07 Å². The molecule has 0 bridgehead atoms. The van der Waals surface area contributed by atoms with Crippen molar-refractivity contribution in [2.45, 2.75) is 45.5 Å². The van der Waals surface area contributed by atoms with Crippen molar-refractivity contribution in [2.24, 2.45) is 5.92 Å². The predicted molar refractivity (Wildman–Crippen MR) is 51.9 cm³/mol. The molecule has 0 aromatic heterocycles. The van der Waals surface area contributed by atoms with Crippen LogP contribution in [0.3, 0.4) is 0 Å². The molecule has 0 amide bonds. The minimum atomic E-state index is -0.752. The molecule has 0 aliphatic rings. The fourth-order valence-corrected chi connectivity index (χ4v) is 2.25. The van der Waals surface area contributed by atoms with E-state index in [0.29, 0.717) is 5.92 Å². The molecule has 0 spiro atoms. The minimum Gasteiger partial charge on any atom is -0.0695 e. The molecular formula is C9H21Si. The zero-order chi connectivity index (χ0) is 8.20. The molecule has 0 rings (SSSR count). The van der Waals surface area contributed by atoms with Crippen molar-refractivity contribution < 1.29 is 0 Å². The van der Waals surface area contributed by atoms with Crippen molar-refractivity contribution in [2.75, 3.05) is 0 Å². The van der Waals surface area contributed by atoms with Crippen molar-refractivity contribution >= 4 is 8.07 Å². The van der Waals surface area contributed by atoms with Crippen LogP contribution in [0.2, 0.25) is 25.7 Å². The predicted octanol–water partition coefficient (Wildman–Crippen LogP) is 3.57. The van der Waals surface area contributed by atoms with Gasteiger partial charge in [-0.05, 0) is 5.92 Å². The summed E-state index contributed by atoms with van der Waals surface area (Å²) in [5, 5.41) is 0. The first-order valence-electron chi connectivity index (χ1n) is 4.25. The van der Waals surface area contributed by atoms with E-state index in [0.717, 1.165) is 0 Å². The van der Waals surface area contributed by atoms with Gasteiger partial charge in [0.05, 0.1) is 0 Å². The maximum absolute atomic E-state index is 3.97. The lowest BCUT2D eigenvalue weighted by Crippen LogP contribution is -2.18. The zero-order valence-corrected chi connectivity index (χ0v) is 8.91. The second kappa shape index (κ2) is 4.17. The summed E-state index contributed by atoms with van der Waals surface area (Å²) in [6.07, 6.45) is 2.70. The zero-order valence-electron chi connectivity index (χ0n) is 7.91. The van der Waals surface area contributed by atoms with Gasteiger partial charge < -0.3 is 0 Å². The lowest BCUT2D eigenvalue weighted by molar-refractivity contribution is 0.627. The van der Waals surface area contributed by atoms with Gasteiger partial charge in [-0.25, -0.2) is 0 Å². The van der Waals surface area contributed by atoms with Crippen molar-refractivity contribution in [1.29, 1.82) is 0 Å². The van der Waals surface area contributed by atoms with Crippen LogP contribution in [0.5, 0.6) is 0 Å². The molecular weight excluding hydrogens is 136 g/mol. The summed E-state index contributed by atoms with van der Waals surface area (Å²) in [5.41, 5.74) is 0. The molecule has 10 heavy (non-hydrogen) atoms. The van der Waals surface area contributed by atoms with Crippen molar-refractivity contribution in [3.63, 3.8) is 0 Å². The summed E-state index contributed by atoms with van der Waals surface area (Å²) in [7, 11) is -0.752. The Hall–Kier alpha value is 0.217. The van der Waals surface area contributed by atoms with Crippen LogP contribution < -0.4 is 0 Å². The van der Waals surface area contributed by atoms with Gasteiger partial charge in [-0.2, -0.15) is 0 Å². The maximum Gasteiger partial charge on any atom is 0.0442 e. The van der Waals surface area contributed by atoms with Crippen LogP contribution in [0.25, 0.3) is 0 Å². The van der Waals surface area contributed by atoms with E-state index >= 15 is 0 Å².